The highest BCUT2D eigenvalue weighted by Gasteiger charge is 2.12. The molecule has 0 aliphatic carbocycles. The fraction of sp³-hybridized carbons (Fsp3) is 0.273. The molecule has 0 bridgehead atoms. The number of nitrogens with zero attached hydrogens (tertiary/aromatic N) is 1. The van der Waals surface area contributed by atoms with E-state index in [-0.39, 0.29) is 12.4 Å². The number of para-hydroxylation sites is 1. The Bertz CT molecular complexity index is 521. The van der Waals surface area contributed by atoms with Crippen LogP contribution in [0.4, 0.5) is 0 Å². The zero-order valence-electron chi connectivity index (χ0n) is 8.70. The number of oxazole rings is 1. The number of carbonyl (C=O) groups is 1. The molecule has 0 atom stereocenters. The van der Waals surface area contributed by atoms with Crippen LogP contribution in [-0.2, 0) is 16.0 Å². The maximum Gasteiger partial charge on any atom is 0.315 e. The molecule has 2 aromatic rings. The van der Waals surface area contributed by atoms with Crippen LogP contribution in [0, 0.1) is 0 Å². The van der Waals surface area contributed by atoms with Gasteiger partial charge in [0.1, 0.15) is 11.9 Å². The van der Waals surface area contributed by atoms with Crippen molar-refractivity contribution >= 4 is 28.7 Å². The Kier molecular flexibility index (Phi) is 3.10. The highest BCUT2D eigenvalue weighted by atomic mass is 35.5. The van der Waals surface area contributed by atoms with Crippen molar-refractivity contribution in [1.29, 1.82) is 0 Å². The lowest BCUT2D eigenvalue weighted by molar-refractivity contribution is -0.142. The maximum atomic E-state index is 11.2. The minimum atomic E-state index is -0.356. The first-order valence-electron chi connectivity index (χ1n) is 4.90. The van der Waals surface area contributed by atoms with Crippen LogP contribution >= 0.6 is 11.6 Å². The molecule has 0 aliphatic rings. The predicted molar refractivity (Wildman–Crippen MR) is 59.4 cm³/mol. The summed E-state index contributed by atoms with van der Waals surface area (Å²) in [6.07, 6.45) is 0.0266. The summed E-state index contributed by atoms with van der Waals surface area (Å²) in [4.78, 5) is 15.4. The summed E-state index contributed by atoms with van der Waals surface area (Å²) in [5.74, 6) is -0.0354. The largest absolute Gasteiger partial charge is 0.466 e. The van der Waals surface area contributed by atoms with E-state index in [2.05, 4.69) is 4.98 Å². The lowest BCUT2D eigenvalue weighted by Gasteiger charge is -1.96. The third-order valence-corrected chi connectivity index (χ3v) is 2.31. The molecule has 84 valence electrons. The summed E-state index contributed by atoms with van der Waals surface area (Å²) in [5.41, 5.74) is 1.15. The summed E-state index contributed by atoms with van der Waals surface area (Å²) < 4.78 is 10.2. The van der Waals surface area contributed by atoms with Gasteiger partial charge in [0.15, 0.2) is 5.58 Å². The molecule has 2 rings (SSSR count). The second-order valence-electron chi connectivity index (χ2n) is 3.18. The third kappa shape index (κ3) is 2.17. The van der Waals surface area contributed by atoms with Crippen LogP contribution in [0.5, 0.6) is 0 Å². The molecular formula is C11H10ClNO3. The number of aromatic nitrogens is 1. The number of hydrogen-bond acceptors (Lipinski definition) is 4. The van der Waals surface area contributed by atoms with Crippen molar-refractivity contribution in [3.63, 3.8) is 0 Å². The first kappa shape index (κ1) is 11.0. The Balaban J connectivity index is 2.26. The zero-order chi connectivity index (χ0) is 11.5. The quantitative estimate of drug-likeness (QED) is 0.773. The van der Waals surface area contributed by atoms with Crippen LogP contribution in [0.25, 0.3) is 11.1 Å². The van der Waals surface area contributed by atoms with Gasteiger partial charge in [-0.2, -0.15) is 0 Å². The van der Waals surface area contributed by atoms with E-state index in [1.165, 1.54) is 0 Å². The molecular weight excluding hydrogens is 230 g/mol. The molecule has 0 aliphatic heterocycles. The number of benzene rings is 1. The van der Waals surface area contributed by atoms with Crippen molar-refractivity contribution in [2.75, 3.05) is 6.61 Å². The molecule has 1 aromatic carbocycles. The highest BCUT2D eigenvalue weighted by molar-refractivity contribution is 6.34. The Labute approximate surface area is 97.2 Å². The molecule has 0 N–H and O–H groups in total. The molecule has 4 nitrogen and oxygen atoms in total. The van der Waals surface area contributed by atoms with Crippen molar-refractivity contribution in [3.8, 4) is 0 Å². The van der Waals surface area contributed by atoms with Gasteiger partial charge in [0, 0.05) is 0 Å². The van der Waals surface area contributed by atoms with Crippen molar-refractivity contribution in [3.05, 3.63) is 29.1 Å². The molecule has 0 saturated carbocycles. The standard InChI is InChI=1S/C11H10ClNO3/c1-2-15-10(14)6-9-13-8-5-3-4-7(12)11(8)16-9/h3-5H,2,6H2,1H3. The van der Waals surface area contributed by atoms with Crippen LogP contribution in [0.15, 0.2) is 22.6 Å². The first-order chi connectivity index (χ1) is 7.70. The zero-order valence-corrected chi connectivity index (χ0v) is 9.45. The van der Waals surface area contributed by atoms with Crippen LogP contribution in [-0.4, -0.2) is 17.6 Å². The molecule has 0 spiro atoms. The minimum absolute atomic E-state index is 0.0266. The van der Waals surface area contributed by atoms with Gasteiger partial charge in [-0.05, 0) is 19.1 Å². The van der Waals surface area contributed by atoms with Crippen molar-refractivity contribution in [2.24, 2.45) is 0 Å². The summed E-state index contributed by atoms with van der Waals surface area (Å²) in [6.45, 7) is 2.10. The molecule has 16 heavy (non-hydrogen) atoms. The average molecular weight is 240 g/mol. The fourth-order valence-electron chi connectivity index (χ4n) is 1.37. The number of fused-ring (bicyclic) bond motifs is 1. The summed E-state index contributed by atoms with van der Waals surface area (Å²) in [7, 11) is 0. The number of hydrogen-bond donors (Lipinski definition) is 0. The van der Waals surface area contributed by atoms with Crippen LogP contribution in [0.1, 0.15) is 12.8 Å². The predicted octanol–water partition coefficient (Wildman–Crippen LogP) is 2.59. The first-order valence-corrected chi connectivity index (χ1v) is 5.28. The van der Waals surface area contributed by atoms with E-state index in [1.807, 2.05) is 0 Å². The van der Waals surface area contributed by atoms with E-state index in [9.17, 15) is 4.79 Å². The number of rotatable bonds is 3. The normalized spacial score (nSPS) is 10.6. The van der Waals surface area contributed by atoms with E-state index in [0.717, 1.165) is 0 Å². The fourth-order valence-corrected chi connectivity index (χ4v) is 1.58. The lowest BCUT2D eigenvalue weighted by Crippen LogP contribution is -2.07. The monoisotopic (exact) mass is 239 g/mol. The van der Waals surface area contributed by atoms with Crippen LogP contribution < -0.4 is 0 Å². The van der Waals surface area contributed by atoms with E-state index in [0.29, 0.717) is 28.6 Å². The number of ether oxygens (including phenoxy) is 1. The summed E-state index contributed by atoms with van der Waals surface area (Å²) in [6, 6.07) is 5.27. The van der Waals surface area contributed by atoms with E-state index in [1.54, 1.807) is 25.1 Å². The van der Waals surface area contributed by atoms with Crippen LogP contribution in [0.3, 0.4) is 0 Å². The second kappa shape index (κ2) is 4.53. The molecule has 0 fully saturated rings. The number of halogens is 1. The van der Waals surface area contributed by atoms with Crippen molar-refractivity contribution in [2.45, 2.75) is 13.3 Å². The third-order valence-electron chi connectivity index (χ3n) is 2.01. The van der Waals surface area contributed by atoms with E-state index < -0.39 is 0 Å². The molecule has 1 heterocycles. The molecule has 0 radical (unpaired) electrons. The highest BCUT2D eigenvalue weighted by Crippen LogP contribution is 2.24. The smallest absolute Gasteiger partial charge is 0.315 e. The SMILES string of the molecule is CCOC(=O)Cc1nc2cccc(Cl)c2o1. The van der Waals surface area contributed by atoms with Gasteiger partial charge >= 0.3 is 5.97 Å². The van der Waals surface area contributed by atoms with Gasteiger partial charge in [0.05, 0.1) is 11.6 Å². The Hall–Kier alpha value is -1.55. The minimum Gasteiger partial charge on any atom is -0.466 e. The number of esters is 1. The Morgan fingerprint density at radius 2 is 2.38 bits per heavy atom. The van der Waals surface area contributed by atoms with Gasteiger partial charge in [-0.1, -0.05) is 17.7 Å². The van der Waals surface area contributed by atoms with Crippen LogP contribution in [0.2, 0.25) is 5.02 Å². The topological polar surface area (TPSA) is 52.3 Å². The number of carbonyl (C=O) groups excluding carboxylic acids is 1. The Morgan fingerprint density at radius 1 is 1.56 bits per heavy atom. The molecule has 1 aromatic heterocycles. The van der Waals surface area contributed by atoms with Crippen molar-refractivity contribution in [1.82, 2.24) is 4.98 Å². The van der Waals surface area contributed by atoms with Gasteiger partial charge < -0.3 is 9.15 Å². The van der Waals surface area contributed by atoms with Gasteiger partial charge in [-0.3, -0.25) is 4.79 Å². The molecule has 5 heteroatoms. The maximum absolute atomic E-state index is 11.2. The second-order valence-corrected chi connectivity index (χ2v) is 3.58. The van der Waals surface area contributed by atoms with Gasteiger partial charge in [0.25, 0.3) is 0 Å². The van der Waals surface area contributed by atoms with Gasteiger partial charge in [0.2, 0.25) is 5.89 Å². The van der Waals surface area contributed by atoms with E-state index in [4.69, 9.17) is 20.8 Å². The molecule has 0 saturated heterocycles. The van der Waals surface area contributed by atoms with Crippen molar-refractivity contribution < 1.29 is 13.9 Å². The molecule has 0 amide bonds. The van der Waals surface area contributed by atoms with Gasteiger partial charge in [-0.15, -0.1) is 0 Å². The Morgan fingerprint density at radius 3 is 3.06 bits per heavy atom. The average Bonchev–Trinajstić information content (AvgIpc) is 2.62. The summed E-state index contributed by atoms with van der Waals surface area (Å²) >= 11 is 5.92. The van der Waals surface area contributed by atoms with E-state index >= 15 is 0 Å². The van der Waals surface area contributed by atoms with Gasteiger partial charge in [-0.25, -0.2) is 4.98 Å². The summed E-state index contributed by atoms with van der Waals surface area (Å²) in [5, 5.41) is 0.486. The molecule has 0 unspecified atom stereocenters. The lowest BCUT2D eigenvalue weighted by atomic mass is 10.3.